The van der Waals surface area contributed by atoms with Crippen molar-refractivity contribution >= 4 is 11.6 Å². The number of nitrogens with one attached hydrogen (secondary N) is 1. The molecule has 1 fully saturated rings. The van der Waals surface area contributed by atoms with Gasteiger partial charge < -0.3 is 5.11 Å². The first-order valence-corrected chi connectivity index (χ1v) is 9.80. The monoisotopic (exact) mass is 376 g/mol. The Morgan fingerprint density at radius 3 is 2.73 bits per heavy atom. The normalized spacial score (nSPS) is 19.3. The number of aliphatic hydroxyl groups is 1. The minimum atomic E-state index is 0.245. The third-order valence-corrected chi connectivity index (χ3v) is 5.25. The summed E-state index contributed by atoms with van der Waals surface area (Å²) in [6.07, 6.45) is 2.75. The third kappa shape index (κ3) is 4.86. The summed E-state index contributed by atoms with van der Waals surface area (Å²) in [5.41, 5.74) is 3.37. The molecule has 2 heterocycles. The van der Waals surface area contributed by atoms with Crippen LogP contribution in [0.4, 0.5) is 0 Å². The molecule has 0 amide bonds. The minimum Gasteiger partial charge on any atom is -0.396 e. The zero-order chi connectivity index (χ0) is 18.5. The largest absolute Gasteiger partial charge is 0.396 e. The molecule has 3 rings (SSSR count). The van der Waals surface area contributed by atoms with Crippen molar-refractivity contribution < 1.29 is 5.11 Å². The molecule has 1 aliphatic heterocycles. The van der Waals surface area contributed by atoms with E-state index < -0.39 is 0 Å². The predicted octanol–water partition coefficient (Wildman–Crippen LogP) is 3.25. The highest BCUT2D eigenvalue weighted by Crippen LogP contribution is 2.25. The van der Waals surface area contributed by atoms with Crippen LogP contribution in [0.2, 0.25) is 5.02 Å². The predicted molar refractivity (Wildman–Crippen MR) is 106 cm³/mol. The SMILES string of the molecule is CC(C)CN1CCN(Cc2cn[nH]c2-c2ccc(Cl)cc2)C[C@@H]1CCO. The number of hydrogen-bond acceptors (Lipinski definition) is 4. The summed E-state index contributed by atoms with van der Waals surface area (Å²) in [5.74, 6) is 0.646. The van der Waals surface area contributed by atoms with Crippen LogP contribution in [0.3, 0.4) is 0 Å². The van der Waals surface area contributed by atoms with Crippen molar-refractivity contribution in [3.8, 4) is 11.3 Å². The summed E-state index contributed by atoms with van der Waals surface area (Å²) in [5, 5.41) is 17.6. The second-order valence-corrected chi connectivity index (χ2v) is 8.00. The van der Waals surface area contributed by atoms with Crippen LogP contribution in [-0.4, -0.2) is 63.9 Å². The van der Waals surface area contributed by atoms with Gasteiger partial charge in [-0.3, -0.25) is 14.9 Å². The van der Waals surface area contributed by atoms with E-state index in [2.05, 4.69) is 33.8 Å². The van der Waals surface area contributed by atoms with Crippen molar-refractivity contribution in [2.45, 2.75) is 32.9 Å². The molecule has 1 saturated heterocycles. The number of piperazine rings is 1. The second-order valence-electron chi connectivity index (χ2n) is 7.57. The number of aromatic amines is 1. The fraction of sp³-hybridized carbons (Fsp3) is 0.550. The van der Waals surface area contributed by atoms with Crippen molar-refractivity contribution in [2.75, 3.05) is 32.8 Å². The molecule has 0 radical (unpaired) electrons. The number of aliphatic hydroxyl groups excluding tert-OH is 1. The molecular weight excluding hydrogens is 348 g/mol. The molecule has 1 aliphatic rings. The van der Waals surface area contributed by atoms with Crippen molar-refractivity contribution in [1.82, 2.24) is 20.0 Å². The molecule has 0 spiro atoms. The van der Waals surface area contributed by atoms with Crippen molar-refractivity contribution in [1.29, 1.82) is 0 Å². The number of H-pyrrole nitrogens is 1. The van der Waals surface area contributed by atoms with Gasteiger partial charge in [-0.1, -0.05) is 37.6 Å². The van der Waals surface area contributed by atoms with E-state index >= 15 is 0 Å². The molecular formula is C20H29ClN4O. The quantitative estimate of drug-likeness (QED) is 0.778. The van der Waals surface area contributed by atoms with Crippen LogP contribution in [0.25, 0.3) is 11.3 Å². The van der Waals surface area contributed by atoms with E-state index in [9.17, 15) is 5.11 Å². The van der Waals surface area contributed by atoms with Gasteiger partial charge in [-0.25, -0.2) is 0 Å². The van der Waals surface area contributed by atoms with Crippen LogP contribution in [-0.2, 0) is 6.54 Å². The number of hydrogen-bond donors (Lipinski definition) is 2. The fourth-order valence-corrected chi connectivity index (χ4v) is 3.90. The Kier molecular flexibility index (Phi) is 6.70. The number of benzene rings is 1. The standard InChI is InChI=1S/C20H29ClN4O/c1-15(2)12-25-9-8-24(14-19(25)7-10-26)13-17-11-22-23-20(17)16-3-5-18(21)6-4-16/h3-6,11,15,19,26H,7-10,12-14H2,1-2H3,(H,22,23)/t19-/m0/s1. The average Bonchev–Trinajstić information content (AvgIpc) is 3.06. The van der Waals surface area contributed by atoms with Crippen LogP contribution in [0, 0.1) is 5.92 Å². The molecule has 2 aromatic rings. The first-order valence-electron chi connectivity index (χ1n) is 9.42. The summed E-state index contributed by atoms with van der Waals surface area (Å²) in [6.45, 7) is 9.80. The number of halogens is 1. The molecule has 1 atom stereocenters. The average molecular weight is 377 g/mol. The van der Waals surface area contributed by atoms with E-state index in [1.807, 2.05) is 30.5 Å². The summed E-state index contributed by atoms with van der Waals surface area (Å²) in [7, 11) is 0. The Hall–Kier alpha value is -1.40. The van der Waals surface area contributed by atoms with Crippen LogP contribution < -0.4 is 0 Å². The van der Waals surface area contributed by atoms with E-state index in [1.54, 1.807) is 0 Å². The summed E-state index contributed by atoms with van der Waals surface area (Å²) in [4.78, 5) is 5.01. The zero-order valence-electron chi connectivity index (χ0n) is 15.7. The van der Waals surface area contributed by atoms with E-state index in [1.165, 1.54) is 5.56 Å². The molecule has 5 nitrogen and oxygen atoms in total. The molecule has 1 aromatic heterocycles. The Morgan fingerprint density at radius 1 is 1.27 bits per heavy atom. The lowest BCUT2D eigenvalue weighted by molar-refractivity contribution is 0.0477. The highest BCUT2D eigenvalue weighted by Gasteiger charge is 2.27. The molecule has 1 aromatic carbocycles. The maximum atomic E-state index is 9.46. The maximum absolute atomic E-state index is 9.46. The van der Waals surface area contributed by atoms with Crippen LogP contribution >= 0.6 is 11.6 Å². The second kappa shape index (κ2) is 9.00. The summed E-state index contributed by atoms with van der Waals surface area (Å²) < 4.78 is 0. The third-order valence-electron chi connectivity index (χ3n) is 5.00. The van der Waals surface area contributed by atoms with Crippen molar-refractivity contribution in [3.05, 3.63) is 41.0 Å². The topological polar surface area (TPSA) is 55.4 Å². The van der Waals surface area contributed by atoms with Crippen LogP contribution in [0.1, 0.15) is 25.8 Å². The zero-order valence-corrected chi connectivity index (χ0v) is 16.4. The van der Waals surface area contributed by atoms with Gasteiger partial charge in [-0.15, -0.1) is 0 Å². The van der Waals surface area contributed by atoms with E-state index in [0.717, 1.165) is 55.4 Å². The Morgan fingerprint density at radius 2 is 2.04 bits per heavy atom. The highest BCUT2D eigenvalue weighted by molar-refractivity contribution is 6.30. The lowest BCUT2D eigenvalue weighted by atomic mass is 10.0. The first-order chi connectivity index (χ1) is 12.6. The van der Waals surface area contributed by atoms with Crippen LogP contribution in [0.15, 0.2) is 30.5 Å². The Balaban J connectivity index is 1.68. The molecule has 0 unspecified atom stereocenters. The number of nitrogens with zero attached hydrogens (tertiary/aromatic N) is 3. The van der Waals surface area contributed by atoms with Gasteiger partial charge in [0.15, 0.2) is 0 Å². The van der Waals surface area contributed by atoms with Crippen molar-refractivity contribution in [2.24, 2.45) is 5.92 Å². The van der Waals surface area contributed by atoms with E-state index in [4.69, 9.17) is 11.6 Å². The summed E-state index contributed by atoms with van der Waals surface area (Å²) >= 11 is 6.00. The van der Waals surface area contributed by atoms with Gasteiger partial charge in [0.1, 0.15) is 0 Å². The van der Waals surface area contributed by atoms with Gasteiger partial charge in [-0.05, 0) is 30.0 Å². The van der Waals surface area contributed by atoms with Gasteiger partial charge >= 0.3 is 0 Å². The summed E-state index contributed by atoms with van der Waals surface area (Å²) in [6, 6.07) is 8.28. The lowest BCUT2D eigenvalue weighted by Gasteiger charge is -2.42. The molecule has 6 heteroatoms. The fourth-order valence-electron chi connectivity index (χ4n) is 3.77. The van der Waals surface area contributed by atoms with Gasteiger partial charge in [-0.2, -0.15) is 5.10 Å². The smallest absolute Gasteiger partial charge is 0.0695 e. The molecule has 0 saturated carbocycles. The van der Waals surface area contributed by atoms with Gasteiger partial charge in [0.05, 0.1) is 11.9 Å². The van der Waals surface area contributed by atoms with E-state index in [-0.39, 0.29) is 6.61 Å². The highest BCUT2D eigenvalue weighted by atomic mass is 35.5. The van der Waals surface area contributed by atoms with E-state index in [0.29, 0.717) is 12.0 Å². The Bertz CT molecular complexity index is 685. The first kappa shape index (κ1) is 19.4. The van der Waals surface area contributed by atoms with Crippen LogP contribution in [0.5, 0.6) is 0 Å². The van der Waals surface area contributed by atoms with Gasteiger partial charge in [0.2, 0.25) is 0 Å². The minimum absolute atomic E-state index is 0.245. The number of aromatic nitrogens is 2. The molecule has 26 heavy (non-hydrogen) atoms. The number of rotatable bonds is 7. The molecule has 0 aliphatic carbocycles. The Labute approximate surface area is 161 Å². The molecule has 142 valence electrons. The lowest BCUT2D eigenvalue weighted by Crippen LogP contribution is -2.53. The van der Waals surface area contributed by atoms with Gasteiger partial charge in [0, 0.05) is 56.0 Å². The molecule has 0 bridgehead atoms. The van der Waals surface area contributed by atoms with Crippen molar-refractivity contribution in [3.63, 3.8) is 0 Å². The molecule has 2 N–H and O–H groups in total. The maximum Gasteiger partial charge on any atom is 0.0695 e. The van der Waals surface area contributed by atoms with Gasteiger partial charge in [0.25, 0.3) is 0 Å².